The number of hydrogen-bond acceptors (Lipinski definition) is 5. The topological polar surface area (TPSA) is 110 Å². The summed E-state index contributed by atoms with van der Waals surface area (Å²) in [6.07, 6.45) is -0.582. The van der Waals surface area contributed by atoms with Gasteiger partial charge in [-0.05, 0) is 26.3 Å². The fourth-order valence-electron chi connectivity index (χ4n) is 2.74. The van der Waals surface area contributed by atoms with E-state index in [9.17, 15) is 24.8 Å². The second-order valence-corrected chi connectivity index (χ2v) is 6.79. The van der Waals surface area contributed by atoms with Crippen LogP contribution >= 0.6 is 0 Å². The van der Waals surface area contributed by atoms with Gasteiger partial charge in [-0.2, -0.15) is 0 Å². The molecule has 8 heteroatoms. The van der Waals surface area contributed by atoms with E-state index in [0.717, 1.165) is 0 Å². The molecular formula is C16H20N2O6. The molecule has 1 saturated heterocycles. The average molecular weight is 336 g/mol. The van der Waals surface area contributed by atoms with Gasteiger partial charge in [-0.15, -0.1) is 0 Å². The van der Waals surface area contributed by atoms with Gasteiger partial charge in [0.1, 0.15) is 5.60 Å². The SMILES string of the molecule is CC(C)(C)OC(=O)N1C[C@H](C(=O)O)[C@H](c2cccc([N+](=O)[O-])c2)C1. The molecule has 1 fully saturated rings. The quantitative estimate of drug-likeness (QED) is 0.671. The summed E-state index contributed by atoms with van der Waals surface area (Å²) in [4.78, 5) is 35.5. The maximum Gasteiger partial charge on any atom is 0.410 e. The van der Waals surface area contributed by atoms with Gasteiger partial charge in [0.25, 0.3) is 5.69 Å². The maximum absolute atomic E-state index is 12.2. The van der Waals surface area contributed by atoms with Gasteiger partial charge in [0.2, 0.25) is 0 Å². The number of carboxylic acids is 1. The van der Waals surface area contributed by atoms with Crippen molar-refractivity contribution in [2.45, 2.75) is 32.3 Å². The molecule has 24 heavy (non-hydrogen) atoms. The number of ether oxygens (including phenoxy) is 1. The molecule has 1 aliphatic rings. The number of rotatable bonds is 3. The highest BCUT2D eigenvalue weighted by Crippen LogP contribution is 2.35. The van der Waals surface area contributed by atoms with Gasteiger partial charge in [-0.3, -0.25) is 14.9 Å². The number of carboxylic acid groups (broad SMARTS) is 1. The molecule has 8 nitrogen and oxygen atoms in total. The maximum atomic E-state index is 12.2. The largest absolute Gasteiger partial charge is 0.481 e. The summed E-state index contributed by atoms with van der Waals surface area (Å²) in [5.74, 6) is -2.40. The lowest BCUT2D eigenvalue weighted by atomic mass is 9.89. The first-order valence-corrected chi connectivity index (χ1v) is 7.53. The van der Waals surface area contributed by atoms with Crippen LogP contribution < -0.4 is 0 Å². The Kier molecular flexibility index (Phi) is 4.77. The third kappa shape index (κ3) is 4.01. The van der Waals surface area contributed by atoms with Crippen LogP contribution in [0, 0.1) is 16.0 Å². The number of carbonyl (C=O) groups is 2. The fourth-order valence-corrected chi connectivity index (χ4v) is 2.74. The van der Waals surface area contributed by atoms with Crippen LogP contribution in [0.5, 0.6) is 0 Å². The molecule has 2 atom stereocenters. The lowest BCUT2D eigenvalue weighted by molar-refractivity contribution is -0.384. The van der Waals surface area contributed by atoms with Crippen LogP contribution in [0.3, 0.4) is 0 Å². The Hall–Kier alpha value is -2.64. The minimum Gasteiger partial charge on any atom is -0.481 e. The highest BCUT2D eigenvalue weighted by atomic mass is 16.6. The zero-order valence-corrected chi connectivity index (χ0v) is 13.8. The van der Waals surface area contributed by atoms with Crippen LogP contribution in [0.25, 0.3) is 0 Å². The molecule has 0 saturated carbocycles. The van der Waals surface area contributed by atoms with Gasteiger partial charge < -0.3 is 14.7 Å². The summed E-state index contributed by atoms with van der Waals surface area (Å²) < 4.78 is 5.28. The molecule has 1 amide bonds. The van der Waals surface area contributed by atoms with Gasteiger partial charge >= 0.3 is 12.1 Å². The van der Waals surface area contributed by atoms with E-state index in [2.05, 4.69) is 0 Å². The Bertz CT molecular complexity index is 667. The van der Waals surface area contributed by atoms with E-state index >= 15 is 0 Å². The van der Waals surface area contributed by atoms with E-state index < -0.39 is 34.4 Å². The van der Waals surface area contributed by atoms with Crippen molar-refractivity contribution in [3.8, 4) is 0 Å². The molecule has 1 N–H and O–H groups in total. The van der Waals surface area contributed by atoms with Crippen LogP contribution in [0.15, 0.2) is 24.3 Å². The molecule has 130 valence electrons. The van der Waals surface area contributed by atoms with Crippen molar-refractivity contribution in [3.63, 3.8) is 0 Å². The highest BCUT2D eigenvalue weighted by molar-refractivity contribution is 5.76. The summed E-state index contributed by atoms with van der Waals surface area (Å²) >= 11 is 0. The van der Waals surface area contributed by atoms with Gasteiger partial charge in [-0.1, -0.05) is 12.1 Å². The van der Waals surface area contributed by atoms with E-state index in [-0.39, 0.29) is 18.8 Å². The molecule has 0 unspecified atom stereocenters. The number of amides is 1. The third-order valence-electron chi connectivity index (χ3n) is 3.80. The zero-order valence-electron chi connectivity index (χ0n) is 13.8. The lowest BCUT2D eigenvalue weighted by Gasteiger charge is -2.24. The van der Waals surface area contributed by atoms with Crippen molar-refractivity contribution in [1.82, 2.24) is 4.90 Å². The van der Waals surface area contributed by atoms with Crippen molar-refractivity contribution < 1.29 is 24.4 Å². The minimum atomic E-state index is -1.04. The summed E-state index contributed by atoms with van der Waals surface area (Å²) in [6.45, 7) is 5.35. The Morgan fingerprint density at radius 1 is 1.33 bits per heavy atom. The molecule has 0 spiro atoms. The normalized spacial score (nSPS) is 20.7. The predicted octanol–water partition coefficient (Wildman–Crippen LogP) is 2.63. The predicted molar refractivity (Wildman–Crippen MR) is 84.8 cm³/mol. The number of likely N-dealkylation sites (tertiary alicyclic amines) is 1. The van der Waals surface area contributed by atoms with E-state index in [1.54, 1.807) is 26.8 Å². The van der Waals surface area contributed by atoms with E-state index in [4.69, 9.17) is 4.74 Å². The van der Waals surface area contributed by atoms with E-state index in [0.29, 0.717) is 5.56 Å². The Labute approximate surface area is 139 Å². The van der Waals surface area contributed by atoms with Crippen LogP contribution in [0.2, 0.25) is 0 Å². The molecule has 1 aromatic carbocycles. The van der Waals surface area contributed by atoms with Crippen LogP contribution in [0.1, 0.15) is 32.3 Å². The van der Waals surface area contributed by atoms with Crippen molar-refractivity contribution in [2.24, 2.45) is 5.92 Å². The first-order chi connectivity index (χ1) is 11.1. The number of hydrogen-bond donors (Lipinski definition) is 1. The standard InChI is InChI=1S/C16H20N2O6/c1-16(2,3)24-15(21)17-8-12(13(9-17)14(19)20)10-5-4-6-11(7-10)18(22)23/h4-7,12-13H,8-9H2,1-3H3,(H,19,20)/t12-,13-/m0/s1. The van der Waals surface area contributed by atoms with Crippen LogP contribution in [-0.2, 0) is 9.53 Å². The second-order valence-electron chi connectivity index (χ2n) is 6.79. The Morgan fingerprint density at radius 3 is 2.54 bits per heavy atom. The van der Waals surface area contributed by atoms with Crippen molar-refractivity contribution in [2.75, 3.05) is 13.1 Å². The number of benzene rings is 1. The number of carbonyl (C=O) groups excluding carboxylic acids is 1. The van der Waals surface area contributed by atoms with Gasteiger partial charge in [-0.25, -0.2) is 4.79 Å². The number of nitrogens with zero attached hydrogens (tertiary/aromatic N) is 2. The van der Waals surface area contributed by atoms with Gasteiger partial charge in [0, 0.05) is 31.1 Å². The molecule has 1 aliphatic heterocycles. The molecule has 0 radical (unpaired) electrons. The molecule has 1 heterocycles. The molecule has 2 rings (SSSR count). The van der Waals surface area contributed by atoms with E-state index in [1.165, 1.54) is 23.1 Å². The third-order valence-corrected chi connectivity index (χ3v) is 3.80. The van der Waals surface area contributed by atoms with Crippen molar-refractivity contribution in [1.29, 1.82) is 0 Å². The Balaban J connectivity index is 2.25. The first-order valence-electron chi connectivity index (χ1n) is 7.53. The fraction of sp³-hybridized carbons (Fsp3) is 0.500. The number of nitro groups is 1. The number of aliphatic carboxylic acids is 1. The molecule has 0 aliphatic carbocycles. The first kappa shape index (κ1) is 17.7. The highest BCUT2D eigenvalue weighted by Gasteiger charge is 2.42. The summed E-state index contributed by atoms with van der Waals surface area (Å²) in [5.41, 5.74) is -0.255. The summed E-state index contributed by atoms with van der Waals surface area (Å²) in [5, 5.41) is 20.4. The average Bonchev–Trinajstić information content (AvgIpc) is 2.91. The monoisotopic (exact) mass is 336 g/mol. The van der Waals surface area contributed by atoms with Gasteiger partial charge in [0.15, 0.2) is 0 Å². The molecule has 0 aromatic heterocycles. The van der Waals surface area contributed by atoms with Crippen molar-refractivity contribution >= 4 is 17.7 Å². The minimum absolute atomic E-state index is 0.0115. The second kappa shape index (κ2) is 6.46. The molecule has 0 bridgehead atoms. The Morgan fingerprint density at radius 2 is 2.00 bits per heavy atom. The summed E-state index contributed by atoms with van der Waals surface area (Å²) in [7, 11) is 0. The number of non-ortho nitro benzene ring substituents is 1. The smallest absolute Gasteiger partial charge is 0.410 e. The zero-order chi connectivity index (χ0) is 18.1. The van der Waals surface area contributed by atoms with Crippen LogP contribution in [-0.4, -0.2) is 45.7 Å². The van der Waals surface area contributed by atoms with Crippen molar-refractivity contribution in [3.05, 3.63) is 39.9 Å². The lowest BCUT2D eigenvalue weighted by Crippen LogP contribution is -2.35. The molecule has 1 aromatic rings. The number of nitro benzene ring substituents is 1. The van der Waals surface area contributed by atoms with Gasteiger partial charge in [0.05, 0.1) is 10.8 Å². The van der Waals surface area contributed by atoms with E-state index in [1.807, 2.05) is 0 Å². The molecular weight excluding hydrogens is 316 g/mol. The summed E-state index contributed by atoms with van der Waals surface area (Å²) in [6, 6.07) is 5.87. The van der Waals surface area contributed by atoms with Crippen LogP contribution in [0.4, 0.5) is 10.5 Å².